The molecule has 4 heteroatoms. The third kappa shape index (κ3) is 3.32. The van der Waals surface area contributed by atoms with Gasteiger partial charge < -0.3 is 5.11 Å². The van der Waals surface area contributed by atoms with Crippen LogP contribution in [0.3, 0.4) is 0 Å². The minimum atomic E-state index is -0.452. The van der Waals surface area contributed by atoms with Crippen molar-refractivity contribution in [2.45, 2.75) is 6.42 Å². The molecule has 1 aromatic rings. The van der Waals surface area contributed by atoms with E-state index >= 15 is 0 Å². The molecule has 16 heavy (non-hydrogen) atoms. The fourth-order valence-corrected chi connectivity index (χ4v) is 1.48. The second-order valence-electron chi connectivity index (χ2n) is 3.59. The number of hydrogen-bond donors (Lipinski definition) is 1. The van der Waals surface area contributed by atoms with Gasteiger partial charge in [-0.25, -0.2) is 5.06 Å². The maximum absolute atomic E-state index is 11.8. The molecule has 0 aromatic heterocycles. The van der Waals surface area contributed by atoms with Gasteiger partial charge in [-0.2, -0.15) is 0 Å². The van der Waals surface area contributed by atoms with Crippen LogP contribution in [0.4, 0.5) is 0 Å². The molecule has 0 saturated heterocycles. The highest BCUT2D eigenvalue weighted by Gasteiger charge is 2.21. The van der Waals surface area contributed by atoms with Gasteiger partial charge in [0, 0.05) is 7.05 Å². The molecule has 1 atom stereocenters. The number of rotatable bonds is 5. The number of aliphatic hydroxyl groups is 1. The van der Waals surface area contributed by atoms with E-state index < -0.39 is 5.92 Å². The molecule has 0 aliphatic heterocycles. The van der Waals surface area contributed by atoms with E-state index in [9.17, 15) is 9.90 Å². The first-order chi connectivity index (χ1) is 7.69. The second kappa shape index (κ2) is 6.25. The van der Waals surface area contributed by atoms with E-state index in [0.29, 0.717) is 6.42 Å². The quantitative estimate of drug-likeness (QED) is 0.753. The van der Waals surface area contributed by atoms with Crippen LogP contribution in [0.1, 0.15) is 5.56 Å². The first kappa shape index (κ1) is 12.7. The minimum Gasteiger partial charge on any atom is -0.396 e. The molecular formula is C12H17NO3. The molecule has 1 amide bonds. The molecule has 0 heterocycles. The van der Waals surface area contributed by atoms with Crippen molar-refractivity contribution in [1.29, 1.82) is 0 Å². The fourth-order valence-electron chi connectivity index (χ4n) is 1.48. The standard InChI is InChI=1S/C12H17NO3/c1-13(16-2)12(15)11(9-14)8-10-6-4-3-5-7-10/h3-7,11,14H,8-9H2,1-2H3. The number of amides is 1. The van der Waals surface area contributed by atoms with Crippen molar-refractivity contribution in [1.82, 2.24) is 5.06 Å². The lowest BCUT2D eigenvalue weighted by Crippen LogP contribution is -2.35. The van der Waals surface area contributed by atoms with Gasteiger partial charge in [-0.3, -0.25) is 9.63 Å². The van der Waals surface area contributed by atoms with E-state index in [1.54, 1.807) is 0 Å². The summed E-state index contributed by atoms with van der Waals surface area (Å²) in [5.41, 5.74) is 1.03. The van der Waals surface area contributed by atoms with Crippen LogP contribution in [0, 0.1) is 5.92 Å². The lowest BCUT2D eigenvalue weighted by Gasteiger charge is -2.20. The van der Waals surface area contributed by atoms with Gasteiger partial charge in [0.1, 0.15) is 0 Å². The molecule has 0 radical (unpaired) electrons. The molecule has 0 spiro atoms. The van der Waals surface area contributed by atoms with Crippen molar-refractivity contribution in [3.63, 3.8) is 0 Å². The Labute approximate surface area is 95.4 Å². The van der Waals surface area contributed by atoms with Gasteiger partial charge >= 0.3 is 0 Å². The van der Waals surface area contributed by atoms with Crippen molar-refractivity contribution in [3.8, 4) is 0 Å². The van der Waals surface area contributed by atoms with E-state index in [1.807, 2.05) is 30.3 Å². The van der Waals surface area contributed by atoms with E-state index in [4.69, 9.17) is 4.84 Å². The Kier molecular flexibility index (Phi) is 4.95. The molecule has 0 aliphatic rings. The Morgan fingerprint density at radius 3 is 2.56 bits per heavy atom. The van der Waals surface area contributed by atoms with Crippen molar-refractivity contribution in [3.05, 3.63) is 35.9 Å². The molecule has 0 fully saturated rings. The van der Waals surface area contributed by atoms with Gasteiger partial charge in [0.2, 0.25) is 0 Å². The zero-order valence-corrected chi connectivity index (χ0v) is 9.59. The van der Waals surface area contributed by atoms with Crippen LogP contribution in [-0.4, -0.2) is 36.8 Å². The Morgan fingerprint density at radius 2 is 2.06 bits per heavy atom. The number of benzene rings is 1. The molecule has 0 bridgehead atoms. The first-order valence-electron chi connectivity index (χ1n) is 5.15. The average Bonchev–Trinajstić information content (AvgIpc) is 2.35. The molecule has 1 unspecified atom stereocenters. The summed E-state index contributed by atoms with van der Waals surface area (Å²) in [5, 5.41) is 10.3. The summed E-state index contributed by atoms with van der Waals surface area (Å²) >= 11 is 0. The molecule has 1 rings (SSSR count). The van der Waals surface area contributed by atoms with Gasteiger partial charge in [-0.1, -0.05) is 30.3 Å². The average molecular weight is 223 g/mol. The van der Waals surface area contributed by atoms with E-state index in [-0.39, 0.29) is 12.5 Å². The number of carbonyl (C=O) groups excluding carboxylic acids is 1. The van der Waals surface area contributed by atoms with Crippen LogP contribution >= 0.6 is 0 Å². The van der Waals surface area contributed by atoms with E-state index in [0.717, 1.165) is 10.6 Å². The molecule has 0 aliphatic carbocycles. The Morgan fingerprint density at radius 1 is 1.44 bits per heavy atom. The summed E-state index contributed by atoms with van der Waals surface area (Å²) in [4.78, 5) is 16.6. The number of nitrogens with zero attached hydrogens (tertiary/aromatic N) is 1. The highest BCUT2D eigenvalue weighted by molar-refractivity contribution is 5.78. The van der Waals surface area contributed by atoms with Crippen LogP contribution in [0.15, 0.2) is 30.3 Å². The number of hydroxylamine groups is 2. The molecule has 4 nitrogen and oxygen atoms in total. The highest BCUT2D eigenvalue weighted by atomic mass is 16.7. The van der Waals surface area contributed by atoms with Crippen LogP contribution in [0.5, 0.6) is 0 Å². The van der Waals surface area contributed by atoms with E-state index in [2.05, 4.69) is 0 Å². The van der Waals surface area contributed by atoms with Crippen LogP contribution in [0.25, 0.3) is 0 Å². The lowest BCUT2D eigenvalue weighted by atomic mass is 9.99. The third-order valence-electron chi connectivity index (χ3n) is 2.48. The number of aliphatic hydroxyl groups excluding tert-OH is 1. The minimum absolute atomic E-state index is 0.179. The van der Waals surface area contributed by atoms with Crippen LogP contribution in [0.2, 0.25) is 0 Å². The monoisotopic (exact) mass is 223 g/mol. The summed E-state index contributed by atoms with van der Waals surface area (Å²) in [6.45, 7) is -0.179. The molecule has 88 valence electrons. The van der Waals surface area contributed by atoms with Gasteiger partial charge in [-0.05, 0) is 12.0 Å². The maximum atomic E-state index is 11.8. The van der Waals surface area contributed by atoms with Gasteiger partial charge in [-0.15, -0.1) is 0 Å². The topological polar surface area (TPSA) is 49.8 Å². The molecule has 1 aromatic carbocycles. The summed E-state index contributed by atoms with van der Waals surface area (Å²) in [5.74, 6) is -0.666. The largest absolute Gasteiger partial charge is 0.396 e. The van der Waals surface area contributed by atoms with Gasteiger partial charge in [0.15, 0.2) is 0 Å². The zero-order valence-electron chi connectivity index (χ0n) is 9.59. The van der Waals surface area contributed by atoms with Crippen molar-refractivity contribution < 1.29 is 14.7 Å². The Hall–Kier alpha value is -1.39. The SMILES string of the molecule is CON(C)C(=O)C(CO)Cc1ccccc1. The summed E-state index contributed by atoms with van der Waals surface area (Å²) in [7, 11) is 2.96. The number of hydrogen-bond acceptors (Lipinski definition) is 3. The normalized spacial score (nSPS) is 12.2. The Bertz CT molecular complexity index is 326. The predicted octanol–water partition coefficient (Wildman–Crippen LogP) is 0.857. The molecular weight excluding hydrogens is 206 g/mol. The maximum Gasteiger partial charge on any atom is 0.251 e. The zero-order chi connectivity index (χ0) is 12.0. The van der Waals surface area contributed by atoms with Crippen molar-refractivity contribution in [2.24, 2.45) is 5.92 Å². The predicted molar refractivity (Wildman–Crippen MR) is 60.5 cm³/mol. The first-order valence-corrected chi connectivity index (χ1v) is 5.15. The number of carbonyl (C=O) groups is 1. The van der Waals surface area contributed by atoms with Gasteiger partial charge in [0.25, 0.3) is 5.91 Å². The molecule has 0 saturated carbocycles. The highest BCUT2D eigenvalue weighted by Crippen LogP contribution is 2.10. The smallest absolute Gasteiger partial charge is 0.251 e. The summed E-state index contributed by atoms with van der Waals surface area (Å²) in [6.07, 6.45) is 0.518. The summed E-state index contributed by atoms with van der Waals surface area (Å²) < 4.78 is 0. The summed E-state index contributed by atoms with van der Waals surface area (Å²) in [6, 6.07) is 9.61. The van der Waals surface area contributed by atoms with E-state index in [1.165, 1.54) is 14.2 Å². The lowest BCUT2D eigenvalue weighted by molar-refractivity contribution is -0.174. The van der Waals surface area contributed by atoms with Crippen molar-refractivity contribution >= 4 is 5.91 Å². The van der Waals surface area contributed by atoms with Crippen molar-refractivity contribution in [2.75, 3.05) is 20.8 Å². The van der Waals surface area contributed by atoms with Crippen LogP contribution < -0.4 is 0 Å². The third-order valence-corrected chi connectivity index (χ3v) is 2.48. The van der Waals surface area contributed by atoms with Gasteiger partial charge in [0.05, 0.1) is 19.6 Å². The second-order valence-corrected chi connectivity index (χ2v) is 3.59. The Balaban J connectivity index is 2.66. The fraction of sp³-hybridized carbons (Fsp3) is 0.417. The van der Waals surface area contributed by atoms with Crippen LogP contribution in [-0.2, 0) is 16.1 Å². The molecule has 1 N–H and O–H groups in total.